The van der Waals surface area contributed by atoms with Crippen molar-refractivity contribution in [3.63, 3.8) is 0 Å². The molecule has 0 radical (unpaired) electrons. The van der Waals surface area contributed by atoms with E-state index in [1.165, 1.54) is 10.8 Å². The van der Waals surface area contributed by atoms with Crippen molar-refractivity contribution < 1.29 is 20.1 Å². The Balaban J connectivity index is 2.42. The van der Waals surface area contributed by atoms with Crippen molar-refractivity contribution in [1.82, 2.24) is 9.55 Å². The molecule has 1 aliphatic rings. The normalized spacial score (nSPS) is 31.8. The van der Waals surface area contributed by atoms with Crippen LogP contribution in [-0.4, -0.2) is 49.8 Å². The Morgan fingerprint density at radius 1 is 1.50 bits per heavy atom. The van der Waals surface area contributed by atoms with Crippen LogP contribution >= 0.6 is 23.8 Å². The molecule has 4 N–H and O–H groups in total. The number of H-pyrrole nitrogens is 1. The van der Waals surface area contributed by atoms with Crippen LogP contribution in [0.15, 0.2) is 11.0 Å². The number of aliphatic hydroxyl groups excluding tert-OH is 3. The van der Waals surface area contributed by atoms with Gasteiger partial charge in [-0.15, -0.1) is 0 Å². The molecule has 1 aromatic heterocycles. The zero-order chi connectivity index (χ0) is 13.4. The maximum atomic E-state index is 11.2. The standard InChI is InChI=1S/C9H11ClN2O5S/c10-3-1-12(9(18)11-7(3)16)8-6(15)5(14)4(2-13)17-8/h1,4-6,8,13-15H,2H2,(H,11,16,18)/t4-,5-,6-,8-/m1/s1. The first kappa shape index (κ1) is 13.7. The molecule has 2 rings (SSSR count). The predicted molar refractivity (Wildman–Crippen MR) is 63.9 cm³/mol. The summed E-state index contributed by atoms with van der Waals surface area (Å²) in [4.78, 5) is 13.5. The van der Waals surface area contributed by atoms with Crippen LogP contribution in [0.4, 0.5) is 0 Å². The Morgan fingerprint density at radius 3 is 2.72 bits per heavy atom. The van der Waals surface area contributed by atoms with Gasteiger partial charge in [-0.3, -0.25) is 14.3 Å². The summed E-state index contributed by atoms with van der Waals surface area (Å²) in [5.41, 5.74) is -0.551. The highest BCUT2D eigenvalue weighted by Crippen LogP contribution is 2.29. The number of nitrogens with zero attached hydrogens (tertiary/aromatic N) is 1. The van der Waals surface area contributed by atoms with Crippen molar-refractivity contribution in [2.24, 2.45) is 0 Å². The molecule has 1 aliphatic heterocycles. The van der Waals surface area contributed by atoms with Gasteiger partial charge in [0.1, 0.15) is 23.3 Å². The summed E-state index contributed by atoms with van der Waals surface area (Å²) in [5.74, 6) is 0. The van der Waals surface area contributed by atoms with Gasteiger partial charge in [0.2, 0.25) is 0 Å². The molecule has 9 heteroatoms. The van der Waals surface area contributed by atoms with Crippen LogP contribution in [0.1, 0.15) is 6.23 Å². The monoisotopic (exact) mass is 294 g/mol. The summed E-state index contributed by atoms with van der Waals surface area (Å²) >= 11 is 10.6. The van der Waals surface area contributed by atoms with E-state index in [-0.39, 0.29) is 9.79 Å². The SMILES string of the molecule is O=c1[nH]c(=S)n([C@@H]2O[C@H](CO)[C@@H](O)[C@H]2O)cc1Cl. The topological polar surface area (TPSA) is 108 Å². The Kier molecular flexibility index (Phi) is 3.85. The van der Waals surface area contributed by atoms with Crippen LogP contribution < -0.4 is 5.56 Å². The van der Waals surface area contributed by atoms with Crippen molar-refractivity contribution in [2.45, 2.75) is 24.5 Å². The van der Waals surface area contributed by atoms with Crippen LogP contribution in [0, 0.1) is 4.77 Å². The van der Waals surface area contributed by atoms with Crippen LogP contribution in [0.2, 0.25) is 5.02 Å². The van der Waals surface area contributed by atoms with Gasteiger partial charge in [-0.05, 0) is 12.2 Å². The van der Waals surface area contributed by atoms with E-state index in [0.717, 1.165) is 0 Å². The fourth-order valence-corrected chi connectivity index (χ4v) is 2.16. The van der Waals surface area contributed by atoms with E-state index in [0.29, 0.717) is 0 Å². The maximum Gasteiger partial charge on any atom is 0.270 e. The lowest BCUT2D eigenvalue weighted by molar-refractivity contribution is -0.0541. The summed E-state index contributed by atoms with van der Waals surface area (Å²) in [6, 6.07) is 0. The molecule has 0 aliphatic carbocycles. The molecular formula is C9H11ClN2O5S. The van der Waals surface area contributed by atoms with E-state index in [9.17, 15) is 15.0 Å². The number of hydrogen-bond acceptors (Lipinski definition) is 6. The van der Waals surface area contributed by atoms with Gasteiger partial charge >= 0.3 is 0 Å². The lowest BCUT2D eigenvalue weighted by Crippen LogP contribution is -2.33. The second-order valence-corrected chi connectivity index (χ2v) is 4.67. The molecule has 0 unspecified atom stereocenters. The lowest BCUT2D eigenvalue weighted by Gasteiger charge is -2.18. The smallest absolute Gasteiger partial charge is 0.270 e. The van der Waals surface area contributed by atoms with Gasteiger partial charge in [-0.25, -0.2) is 0 Å². The molecule has 1 aromatic rings. The van der Waals surface area contributed by atoms with E-state index in [2.05, 4.69) is 4.98 Å². The second-order valence-electron chi connectivity index (χ2n) is 3.87. The quantitative estimate of drug-likeness (QED) is 0.530. The summed E-state index contributed by atoms with van der Waals surface area (Å²) in [5, 5.41) is 28.3. The van der Waals surface area contributed by atoms with Gasteiger partial charge < -0.3 is 20.1 Å². The van der Waals surface area contributed by atoms with Crippen molar-refractivity contribution in [1.29, 1.82) is 0 Å². The van der Waals surface area contributed by atoms with Crippen LogP contribution in [-0.2, 0) is 4.74 Å². The van der Waals surface area contributed by atoms with E-state index >= 15 is 0 Å². The van der Waals surface area contributed by atoms with E-state index in [4.69, 9.17) is 33.7 Å². The molecule has 4 atom stereocenters. The van der Waals surface area contributed by atoms with E-state index in [1.807, 2.05) is 0 Å². The van der Waals surface area contributed by atoms with Crippen LogP contribution in [0.5, 0.6) is 0 Å². The number of aromatic amines is 1. The number of aromatic nitrogens is 2. The molecule has 7 nitrogen and oxygen atoms in total. The third-order valence-electron chi connectivity index (χ3n) is 2.72. The van der Waals surface area contributed by atoms with Gasteiger partial charge in [0.05, 0.1) is 6.61 Å². The van der Waals surface area contributed by atoms with E-state index < -0.39 is 36.7 Å². The highest BCUT2D eigenvalue weighted by Gasteiger charge is 2.43. The molecule has 1 fully saturated rings. The van der Waals surface area contributed by atoms with Gasteiger partial charge in [0, 0.05) is 6.20 Å². The van der Waals surface area contributed by atoms with Crippen molar-refractivity contribution in [3.05, 3.63) is 26.3 Å². The number of ether oxygens (including phenoxy) is 1. The maximum absolute atomic E-state index is 11.2. The van der Waals surface area contributed by atoms with Gasteiger partial charge in [-0.1, -0.05) is 11.6 Å². The molecule has 100 valence electrons. The lowest BCUT2D eigenvalue weighted by atomic mass is 10.1. The zero-order valence-corrected chi connectivity index (χ0v) is 10.6. The number of halogens is 1. The van der Waals surface area contributed by atoms with Gasteiger partial charge in [0.25, 0.3) is 5.56 Å². The molecule has 0 spiro atoms. The average Bonchev–Trinajstić information content (AvgIpc) is 2.61. The van der Waals surface area contributed by atoms with Crippen LogP contribution in [0.25, 0.3) is 0 Å². The molecule has 1 saturated heterocycles. The Hall–Kier alpha value is -0.770. The molecule has 18 heavy (non-hydrogen) atoms. The third-order valence-corrected chi connectivity index (χ3v) is 3.30. The fourth-order valence-electron chi connectivity index (χ4n) is 1.76. The minimum atomic E-state index is -1.28. The molecule has 2 heterocycles. The number of rotatable bonds is 2. The molecule has 0 amide bonds. The summed E-state index contributed by atoms with van der Waals surface area (Å²) < 4.78 is 6.49. The predicted octanol–water partition coefficient (Wildman–Crippen LogP) is -0.829. The van der Waals surface area contributed by atoms with E-state index in [1.54, 1.807) is 0 Å². The highest BCUT2D eigenvalue weighted by molar-refractivity contribution is 7.71. The number of hydrogen-bond donors (Lipinski definition) is 4. The Labute approximate surface area is 111 Å². The number of aliphatic hydroxyl groups is 3. The van der Waals surface area contributed by atoms with Gasteiger partial charge in [0.15, 0.2) is 11.0 Å². The molecular weight excluding hydrogens is 284 g/mol. The molecule has 0 saturated carbocycles. The van der Waals surface area contributed by atoms with Crippen molar-refractivity contribution in [3.8, 4) is 0 Å². The van der Waals surface area contributed by atoms with Crippen LogP contribution in [0.3, 0.4) is 0 Å². The molecule has 0 bridgehead atoms. The first-order valence-electron chi connectivity index (χ1n) is 5.09. The fraction of sp³-hybridized carbons (Fsp3) is 0.556. The van der Waals surface area contributed by atoms with Gasteiger partial charge in [-0.2, -0.15) is 0 Å². The first-order valence-corrected chi connectivity index (χ1v) is 5.87. The minimum absolute atomic E-state index is 0.000704. The first-order chi connectivity index (χ1) is 8.45. The Bertz CT molecular complexity index is 559. The third kappa shape index (κ3) is 2.22. The second kappa shape index (κ2) is 5.08. The zero-order valence-electron chi connectivity index (χ0n) is 8.99. The summed E-state index contributed by atoms with van der Waals surface area (Å²) in [7, 11) is 0. The molecule has 0 aromatic carbocycles. The number of nitrogens with one attached hydrogen (secondary N) is 1. The summed E-state index contributed by atoms with van der Waals surface area (Å²) in [6.45, 7) is -0.445. The largest absolute Gasteiger partial charge is 0.394 e. The minimum Gasteiger partial charge on any atom is -0.394 e. The van der Waals surface area contributed by atoms with Crippen molar-refractivity contribution >= 4 is 23.8 Å². The highest BCUT2D eigenvalue weighted by atomic mass is 35.5. The average molecular weight is 295 g/mol. The Morgan fingerprint density at radius 2 is 2.17 bits per heavy atom. The summed E-state index contributed by atoms with van der Waals surface area (Å²) in [6.07, 6.45) is -3.25. The van der Waals surface area contributed by atoms with Crippen molar-refractivity contribution in [2.75, 3.05) is 6.61 Å².